The third kappa shape index (κ3) is 73.6. The van der Waals surface area contributed by atoms with E-state index in [0.717, 1.165) is 205 Å². The van der Waals surface area contributed by atoms with Crippen LogP contribution in [-0.2, 0) is 19.1 Å². The highest BCUT2D eigenvalue weighted by Crippen LogP contribution is 2.11. The van der Waals surface area contributed by atoms with Crippen molar-refractivity contribution in [3.63, 3.8) is 0 Å². The molecular formula is C85H124O5. The molecule has 1 atom stereocenters. The van der Waals surface area contributed by atoms with Gasteiger partial charge < -0.3 is 14.6 Å². The van der Waals surface area contributed by atoms with Crippen molar-refractivity contribution in [3.8, 4) is 0 Å². The van der Waals surface area contributed by atoms with Gasteiger partial charge in [0.15, 0.2) is 6.10 Å². The fourth-order valence-corrected chi connectivity index (χ4v) is 8.39. The zero-order valence-electron chi connectivity index (χ0n) is 56.5. The lowest BCUT2D eigenvalue weighted by Crippen LogP contribution is -2.28. The summed E-state index contributed by atoms with van der Waals surface area (Å²) in [7, 11) is 0. The van der Waals surface area contributed by atoms with Gasteiger partial charge in [-0.2, -0.15) is 0 Å². The smallest absolute Gasteiger partial charge is 0.306 e. The molecule has 0 fully saturated rings. The third-order valence-corrected chi connectivity index (χ3v) is 13.5. The molecular weight excluding hydrogens is 1100 g/mol. The van der Waals surface area contributed by atoms with Gasteiger partial charge in [0.05, 0.1) is 6.61 Å². The van der Waals surface area contributed by atoms with Gasteiger partial charge in [0, 0.05) is 12.8 Å². The fraction of sp³-hybridized carbons (Fsp3) is 0.459. The largest absolute Gasteiger partial charge is 0.462 e. The van der Waals surface area contributed by atoms with Crippen LogP contribution in [0.25, 0.3) is 0 Å². The topological polar surface area (TPSA) is 72.8 Å². The fourth-order valence-electron chi connectivity index (χ4n) is 8.39. The Morgan fingerprint density at radius 3 is 0.678 bits per heavy atom. The van der Waals surface area contributed by atoms with Gasteiger partial charge in [0.1, 0.15) is 6.61 Å². The number of esters is 2. The Morgan fingerprint density at radius 1 is 0.256 bits per heavy atom. The number of hydrogen-bond acceptors (Lipinski definition) is 5. The predicted octanol–water partition coefficient (Wildman–Crippen LogP) is 25.0. The molecule has 0 saturated heterocycles. The van der Waals surface area contributed by atoms with Crippen LogP contribution in [0.2, 0.25) is 0 Å². The molecule has 0 heterocycles. The van der Waals surface area contributed by atoms with E-state index in [4.69, 9.17) is 9.47 Å². The minimum Gasteiger partial charge on any atom is -0.462 e. The number of rotatable bonds is 60. The summed E-state index contributed by atoms with van der Waals surface area (Å²) in [6.07, 6.45) is 129. The van der Waals surface area contributed by atoms with Crippen molar-refractivity contribution in [3.05, 3.63) is 267 Å². The molecule has 5 nitrogen and oxygen atoms in total. The van der Waals surface area contributed by atoms with Crippen molar-refractivity contribution in [2.75, 3.05) is 13.2 Å². The number of allylic oxidation sites excluding steroid dienone is 44. The van der Waals surface area contributed by atoms with E-state index in [2.05, 4.69) is 281 Å². The highest BCUT2D eigenvalue weighted by atomic mass is 16.6. The summed E-state index contributed by atoms with van der Waals surface area (Å²) in [6.45, 7) is 3.84. The Morgan fingerprint density at radius 2 is 0.444 bits per heavy atom. The maximum Gasteiger partial charge on any atom is 0.306 e. The lowest BCUT2D eigenvalue weighted by Gasteiger charge is -2.15. The van der Waals surface area contributed by atoms with Crippen LogP contribution in [0.4, 0.5) is 0 Å². The first-order valence-electron chi connectivity index (χ1n) is 34.9. The van der Waals surface area contributed by atoms with Crippen molar-refractivity contribution < 1.29 is 24.2 Å². The van der Waals surface area contributed by atoms with Crippen LogP contribution in [-0.4, -0.2) is 36.4 Å². The first kappa shape index (κ1) is 83.2. The molecule has 0 bridgehead atoms. The maximum atomic E-state index is 12.4. The Labute approximate surface area is 552 Å². The molecule has 1 N–H and O–H groups in total. The van der Waals surface area contributed by atoms with Gasteiger partial charge >= 0.3 is 11.9 Å². The van der Waals surface area contributed by atoms with E-state index in [1.54, 1.807) is 0 Å². The monoisotopic (exact) mass is 1220 g/mol. The highest BCUT2D eigenvalue weighted by molar-refractivity contribution is 5.70. The second-order valence-corrected chi connectivity index (χ2v) is 21.8. The summed E-state index contributed by atoms with van der Waals surface area (Å²) in [5, 5.41) is 9.69. The first-order valence-corrected chi connectivity index (χ1v) is 34.9. The Balaban J connectivity index is 3.73. The van der Waals surface area contributed by atoms with Gasteiger partial charge in [-0.25, -0.2) is 0 Å². The summed E-state index contributed by atoms with van der Waals surface area (Å²) >= 11 is 0. The van der Waals surface area contributed by atoms with Crippen LogP contribution < -0.4 is 0 Å². The molecule has 0 amide bonds. The average molecular weight is 1230 g/mol. The molecule has 0 aliphatic heterocycles. The molecule has 0 rings (SSSR count). The molecule has 5 heteroatoms. The number of carbonyl (C=O) groups excluding carboxylic acids is 2. The zero-order chi connectivity index (χ0) is 64.7. The van der Waals surface area contributed by atoms with Gasteiger partial charge in [-0.1, -0.05) is 307 Å². The predicted molar refractivity (Wildman–Crippen MR) is 397 cm³/mol. The minimum absolute atomic E-state index is 0.111. The summed E-state index contributed by atoms with van der Waals surface area (Å²) in [5.74, 6) is -0.675. The normalized spacial score (nSPS) is 13.9. The van der Waals surface area contributed by atoms with E-state index in [1.807, 2.05) is 0 Å². The molecule has 0 saturated carbocycles. The highest BCUT2D eigenvalue weighted by Gasteiger charge is 2.16. The quantitative estimate of drug-likeness (QED) is 0.0373. The van der Waals surface area contributed by atoms with Gasteiger partial charge in [0.25, 0.3) is 0 Å². The Bertz CT molecular complexity index is 2330. The van der Waals surface area contributed by atoms with E-state index in [1.165, 1.54) is 0 Å². The molecule has 1 unspecified atom stereocenters. The van der Waals surface area contributed by atoms with Crippen molar-refractivity contribution in [1.29, 1.82) is 0 Å². The Kier molecular flexibility index (Phi) is 70.6. The van der Waals surface area contributed by atoms with Crippen molar-refractivity contribution in [1.82, 2.24) is 0 Å². The maximum absolute atomic E-state index is 12.4. The number of aliphatic hydroxyl groups is 1. The summed E-state index contributed by atoms with van der Waals surface area (Å²) in [4.78, 5) is 24.6. The van der Waals surface area contributed by atoms with Gasteiger partial charge in [0.2, 0.25) is 0 Å². The SMILES string of the molecule is CC/C=C\C/C=C\C/C=C\C/C=C\C/C=C\C/C=C\C/C=C\C/C=C\C/C=C\C/C=C\C/C=C\CCCCCCCC(=O)OC(CO)COC(=O)CCCCC/C=C\C/C=C\C/C=C\C/C=C\C/C=C\C/C=C\C/C=C\C/C=C\C/C=C\C/C=C\C/C=C\CC. The number of hydrogen-bond donors (Lipinski definition) is 1. The average Bonchev–Trinajstić information content (AvgIpc) is 3.59. The van der Waals surface area contributed by atoms with E-state index in [0.29, 0.717) is 12.8 Å². The zero-order valence-corrected chi connectivity index (χ0v) is 56.5. The molecule has 0 aromatic rings. The molecule has 0 aromatic heterocycles. The second-order valence-electron chi connectivity index (χ2n) is 21.8. The van der Waals surface area contributed by atoms with Crippen LogP contribution in [0, 0.1) is 0 Å². The van der Waals surface area contributed by atoms with Crippen molar-refractivity contribution >= 4 is 11.9 Å². The molecule has 0 radical (unpaired) electrons. The molecule has 494 valence electrons. The molecule has 0 aromatic carbocycles. The van der Waals surface area contributed by atoms with Gasteiger partial charge in [-0.15, -0.1) is 0 Å². The summed E-state index contributed by atoms with van der Waals surface area (Å²) in [5.41, 5.74) is 0. The van der Waals surface area contributed by atoms with Crippen LogP contribution in [0.1, 0.15) is 232 Å². The minimum atomic E-state index is -0.821. The van der Waals surface area contributed by atoms with Gasteiger partial charge in [-0.3, -0.25) is 9.59 Å². The lowest BCUT2D eigenvalue weighted by atomic mass is 10.1. The first-order chi connectivity index (χ1) is 44.6. The lowest BCUT2D eigenvalue weighted by molar-refractivity contribution is -0.161. The van der Waals surface area contributed by atoms with Crippen LogP contribution in [0.5, 0.6) is 0 Å². The van der Waals surface area contributed by atoms with Gasteiger partial charge in [-0.05, 0) is 180 Å². The van der Waals surface area contributed by atoms with Crippen molar-refractivity contribution in [2.24, 2.45) is 0 Å². The number of ether oxygens (including phenoxy) is 2. The number of carbonyl (C=O) groups is 2. The van der Waals surface area contributed by atoms with Crippen LogP contribution in [0.3, 0.4) is 0 Å². The van der Waals surface area contributed by atoms with Crippen LogP contribution in [0.15, 0.2) is 267 Å². The number of aliphatic hydroxyl groups excluding tert-OH is 1. The Hall–Kier alpha value is -6.82. The van der Waals surface area contributed by atoms with Crippen LogP contribution >= 0.6 is 0 Å². The summed E-state index contributed by atoms with van der Waals surface area (Å²) < 4.78 is 10.7. The molecule has 90 heavy (non-hydrogen) atoms. The van der Waals surface area contributed by atoms with Crippen molar-refractivity contribution in [2.45, 2.75) is 238 Å². The third-order valence-electron chi connectivity index (χ3n) is 13.5. The second kappa shape index (κ2) is 76.4. The van der Waals surface area contributed by atoms with E-state index >= 15 is 0 Å². The van der Waals surface area contributed by atoms with E-state index in [9.17, 15) is 14.7 Å². The summed E-state index contributed by atoms with van der Waals surface area (Å²) in [6, 6.07) is 0. The standard InChI is InChI=1S/C85H124O5/c1-3-5-7-9-11-13-15-17-19-21-23-25-27-29-31-33-35-37-39-41-42-44-46-48-50-52-54-56-58-60-62-64-66-68-70-72-74-76-78-80-85(88)90-83(81-86)82-89-84(87)79-77-75-73-71-69-67-65-63-61-59-57-55-53-51-49-47-45-43-40-38-36-34-32-30-28-26-24-22-20-18-16-14-12-10-8-6-4-2/h5-8,11-14,17-20,23-26,29-32,35-38,41-43,45-46,48-49,51-52,54-55,57-58,60-61,63-64,66-67,69,83,86H,3-4,9-10,15-16,21-22,27-28,33-34,39-40,44,47,50,53,56,59,62,65,68,70-82H2,1-2H3/b7-5-,8-6-,13-11-,14-12-,19-17-,20-18-,25-23-,26-24-,31-29-,32-30-,37-35-,38-36-,42-41-,45-43-,48-46-,51-49-,54-52-,57-55-,60-58-,63-61-,66-64-,69-67-. The number of unbranched alkanes of at least 4 members (excludes halogenated alkanes) is 8. The molecule has 0 aliphatic rings. The van der Waals surface area contributed by atoms with E-state index < -0.39 is 6.10 Å². The van der Waals surface area contributed by atoms with E-state index in [-0.39, 0.29) is 25.2 Å². The molecule has 0 aliphatic carbocycles. The molecule has 0 spiro atoms.